The van der Waals surface area contributed by atoms with Crippen molar-refractivity contribution in [3.05, 3.63) is 45.6 Å². The first-order chi connectivity index (χ1) is 12.6. The van der Waals surface area contributed by atoms with Gasteiger partial charge < -0.3 is 10.1 Å². The minimum absolute atomic E-state index is 0.159. The summed E-state index contributed by atoms with van der Waals surface area (Å²) in [7, 11) is 0. The third kappa shape index (κ3) is 6.04. The van der Waals surface area contributed by atoms with Crippen LogP contribution in [-0.2, 0) is 4.74 Å². The Kier molecular flexibility index (Phi) is 7.00. The van der Waals surface area contributed by atoms with Gasteiger partial charge in [-0.05, 0) is 42.9 Å². The van der Waals surface area contributed by atoms with Crippen molar-refractivity contribution in [2.24, 2.45) is 5.41 Å². The highest BCUT2D eigenvalue weighted by molar-refractivity contribution is 7.16. The lowest BCUT2D eigenvalue weighted by Gasteiger charge is -2.22. The summed E-state index contributed by atoms with van der Waals surface area (Å²) in [5, 5.41) is 3.62. The van der Waals surface area contributed by atoms with Gasteiger partial charge in [-0.25, -0.2) is 9.78 Å². The average molecular weight is 409 g/mol. The number of carbonyl (C=O) groups is 2. The van der Waals surface area contributed by atoms with Crippen LogP contribution in [0.1, 0.15) is 72.6 Å². The molecule has 2 aromatic heterocycles. The van der Waals surface area contributed by atoms with Gasteiger partial charge in [-0.2, -0.15) is 0 Å². The molecule has 0 aliphatic rings. The number of nitrogens with one attached hydrogen (secondary N) is 1. The van der Waals surface area contributed by atoms with E-state index in [1.54, 1.807) is 19.1 Å². The van der Waals surface area contributed by atoms with Gasteiger partial charge in [0.15, 0.2) is 0 Å². The van der Waals surface area contributed by atoms with E-state index in [1.165, 1.54) is 17.5 Å². The molecule has 146 valence electrons. The topological polar surface area (TPSA) is 68.3 Å². The summed E-state index contributed by atoms with van der Waals surface area (Å²) < 4.78 is 5.15. The van der Waals surface area contributed by atoms with Gasteiger partial charge in [0.2, 0.25) is 0 Å². The van der Waals surface area contributed by atoms with Crippen molar-refractivity contribution in [3.63, 3.8) is 0 Å². The van der Waals surface area contributed by atoms with Crippen LogP contribution < -0.4 is 5.32 Å². The number of anilines is 1. The predicted molar refractivity (Wildman–Crippen MR) is 110 cm³/mol. The number of aromatic nitrogens is 1. The van der Waals surface area contributed by atoms with Gasteiger partial charge in [0.25, 0.3) is 5.91 Å². The second-order valence-corrected chi connectivity index (χ2v) is 9.07. The zero-order valence-corrected chi connectivity index (χ0v) is 17.8. The van der Waals surface area contributed by atoms with E-state index in [-0.39, 0.29) is 23.8 Å². The zero-order chi connectivity index (χ0) is 20.2. The zero-order valence-electron chi connectivity index (χ0n) is 16.3. The molecule has 0 aliphatic carbocycles. The summed E-state index contributed by atoms with van der Waals surface area (Å²) in [6, 6.07) is 4.97. The van der Waals surface area contributed by atoms with Crippen LogP contribution >= 0.6 is 22.9 Å². The SMILES string of the molecule is CCOC(=O)c1cc(C(C)CC(C)(C)C)sc1NC(=O)c1ccc(Cl)nc1. The highest BCUT2D eigenvalue weighted by atomic mass is 35.5. The molecule has 0 spiro atoms. The van der Waals surface area contributed by atoms with E-state index in [9.17, 15) is 9.59 Å². The van der Waals surface area contributed by atoms with E-state index in [0.717, 1.165) is 11.3 Å². The lowest BCUT2D eigenvalue weighted by atomic mass is 9.85. The van der Waals surface area contributed by atoms with Crippen molar-refractivity contribution < 1.29 is 14.3 Å². The second-order valence-electron chi connectivity index (χ2n) is 7.60. The first kappa shape index (κ1) is 21.4. The fourth-order valence-corrected chi connectivity index (χ4v) is 4.02. The maximum atomic E-state index is 12.5. The molecule has 0 bridgehead atoms. The van der Waals surface area contributed by atoms with Crippen molar-refractivity contribution in [1.82, 2.24) is 4.98 Å². The van der Waals surface area contributed by atoms with Crippen molar-refractivity contribution >= 4 is 39.8 Å². The third-order valence-electron chi connectivity index (χ3n) is 3.87. The Morgan fingerprint density at radius 1 is 1.33 bits per heavy atom. The van der Waals surface area contributed by atoms with Gasteiger partial charge in [0.1, 0.15) is 10.2 Å². The highest BCUT2D eigenvalue weighted by Crippen LogP contribution is 2.38. The molecule has 5 nitrogen and oxygen atoms in total. The summed E-state index contributed by atoms with van der Waals surface area (Å²) in [6.07, 6.45) is 2.36. The molecule has 0 fully saturated rings. The molecule has 1 atom stereocenters. The minimum atomic E-state index is -0.438. The molecule has 2 aromatic rings. The van der Waals surface area contributed by atoms with Crippen LogP contribution in [0.25, 0.3) is 0 Å². The number of hydrogen-bond acceptors (Lipinski definition) is 5. The summed E-state index contributed by atoms with van der Waals surface area (Å²) in [4.78, 5) is 29.8. The summed E-state index contributed by atoms with van der Waals surface area (Å²) in [6.45, 7) is 10.7. The maximum absolute atomic E-state index is 12.5. The number of rotatable bonds is 6. The van der Waals surface area contributed by atoms with Crippen LogP contribution in [0, 0.1) is 5.41 Å². The summed E-state index contributed by atoms with van der Waals surface area (Å²) in [5.74, 6) is -0.528. The van der Waals surface area contributed by atoms with E-state index in [1.807, 2.05) is 6.07 Å². The molecule has 1 unspecified atom stereocenters. The number of carbonyl (C=O) groups excluding carboxylic acids is 2. The molecule has 1 amide bonds. The second kappa shape index (κ2) is 8.85. The van der Waals surface area contributed by atoms with Crippen molar-refractivity contribution in [2.45, 2.75) is 47.0 Å². The fourth-order valence-electron chi connectivity index (χ4n) is 2.81. The molecule has 1 N–H and O–H groups in total. The van der Waals surface area contributed by atoms with Crippen molar-refractivity contribution in [3.8, 4) is 0 Å². The normalized spacial score (nSPS) is 12.5. The number of thiophene rings is 1. The Hall–Kier alpha value is -1.92. The van der Waals surface area contributed by atoms with Crippen LogP contribution in [0.3, 0.4) is 0 Å². The molecule has 2 heterocycles. The van der Waals surface area contributed by atoms with Gasteiger partial charge in [0.05, 0.1) is 17.7 Å². The number of pyridine rings is 1. The Bertz CT molecular complexity index is 810. The molecular formula is C20H25ClN2O3S. The molecule has 2 rings (SSSR count). The van der Waals surface area contributed by atoms with E-state index in [4.69, 9.17) is 16.3 Å². The molecule has 0 saturated carbocycles. The molecule has 0 aromatic carbocycles. The van der Waals surface area contributed by atoms with Crippen LogP contribution in [0.2, 0.25) is 5.15 Å². The molecule has 7 heteroatoms. The van der Waals surface area contributed by atoms with Crippen LogP contribution in [-0.4, -0.2) is 23.5 Å². The number of esters is 1. The average Bonchev–Trinajstić information content (AvgIpc) is 2.98. The molecule has 27 heavy (non-hydrogen) atoms. The van der Waals surface area contributed by atoms with E-state index in [0.29, 0.717) is 21.3 Å². The van der Waals surface area contributed by atoms with Gasteiger partial charge >= 0.3 is 5.97 Å². The van der Waals surface area contributed by atoms with Gasteiger partial charge in [-0.3, -0.25) is 4.79 Å². The quantitative estimate of drug-likeness (QED) is 0.487. The van der Waals surface area contributed by atoms with Crippen LogP contribution in [0.15, 0.2) is 24.4 Å². The van der Waals surface area contributed by atoms with Gasteiger partial charge in [-0.1, -0.05) is 39.3 Å². The smallest absolute Gasteiger partial charge is 0.341 e. The number of nitrogens with zero attached hydrogens (tertiary/aromatic N) is 1. The largest absolute Gasteiger partial charge is 0.462 e. The number of hydrogen-bond donors (Lipinski definition) is 1. The first-order valence-corrected chi connectivity index (χ1v) is 10.0. The van der Waals surface area contributed by atoms with E-state index < -0.39 is 5.97 Å². The van der Waals surface area contributed by atoms with Crippen molar-refractivity contribution in [1.29, 1.82) is 0 Å². The van der Waals surface area contributed by atoms with Crippen LogP contribution in [0.5, 0.6) is 0 Å². The first-order valence-electron chi connectivity index (χ1n) is 8.84. The van der Waals surface area contributed by atoms with Crippen LogP contribution in [0.4, 0.5) is 5.00 Å². The highest BCUT2D eigenvalue weighted by Gasteiger charge is 2.24. The lowest BCUT2D eigenvalue weighted by molar-refractivity contribution is 0.0528. The number of halogens is 1. The maximum Gasteiger partial charge on any atom is 0.341 e. The Balaban J connectivity index is 2.30. The summed E-state index contributed by atoms with van der Waals surface area (Å²) >= 11 is 7.18. The third-order valence-corrected chi connectivity index (χ3v) is 5.37. The monoisotopic (exact) mass is 408 g/mol. The minimum Gasteiger partial charge on any atom is -0.462 e. The standard InChI is InChI=1S/C20H25ClN2O3S/c1-6-26-19(25)14-9-15(12(2)10-20(3,4)5)27-18(14)23-17(24)13-7-8-16(21)22-11-13/h7-9,11-12H,6,10H2,1-5H3,(H,23,24). The summed E-state index contributed by atoms with van der Waals surface area (Å²) in [5.41, 5.74) is 0.908. The van der Waals surface area contributed by atoms with Gasteiger partial charge in [0, 0.05) is 11.1 Å². The predicted octanol–water partition coefficient (Wildman–Crippen LogP) is 5.77. The Morgan fingerprint density at radius 3 is 2.59 bits per heavy atom. The van der Waals surface area contributed by atoms with Gasteiger partial charge in [-0.15, -0.1) is 11.3 Å². The van der Waals surface area contributed by atoms with E-state index >= 15 is 0 Å². The van der Waals surface area contributed by atoms with Crippen molar-refractivity contribution in [2.75, 3.05) is 11.9 Å². The Labute approximate surface area is 169 Å². The molecule has 0 saturated heterocycles. The molecular weight excluding hydrogens is 384 g/mol. The fraction of sp³-hybridized carbons (Fsp3) is 0.450. The lowest BCUT2D eigenvalue weighted by Crippen LogP contribution is -2.14. The molecule has 0 radical (unpaired) electrons. The van der Waals surface area contributed by atoms with E-state index in [2.05, 4.69) is 38.0 Å². The molecule has 0 aliphatic heterocycles. The Morgan fingerprint density at radius 2 is 2.04 bits per heavy atom. The number of amides is 1. The number of ether oxygens (including phenoxy) is 1.